The summed E-state index contributed by atoms with van der Waals surface area (Å²) >= 11 is 1.12. The Morgan fingerprint density at radius 1 is 1.33 bits per heavy atom. The quantitative estimate of drug-likeness (QED) is 0.735. The van der Waals surface area contributed by atoms with Gasteiger partial charge in [0.2, 0.25) is 5.91 Å². The zero-order chi connectivity index (χ0) is 17.5. The molecule has 0 bridgehead atoms. The lowest BCUT2D eigenvalue weighted by Gasteiger charge is -2.23. The Hall–Kier alpha value is -2.06. The predicted octanol–water partition coefficient (Wildman–Crippen LogP) is 2.15. The largest absolute Gasteiger partial charge is 0.469 e. The third-order valence-electron chi connectivity index (χ3n) is 3.41. The third-order valence-corrected chi connectivity index (χ3v) is 3.95. The second-order valence-electron chi connectivity index (χ2n) is 5.94. The van der Waals surface area contributed by atoms with Crippen molar-refractivity contribution in [3.63, 3.8) is 0 Å². The molecule has 8 heteroatoms. The Labute approximate surface area is 145 Å². The number of rotatable bonds is 8. The number of fused-ring (bicyclic) bond motifs is 1. The zero-order valence-electron chi connectivity index (χ0n) is 14.1. The minimum Gasteiger partial charge on any atom is -0.469 e. The number of methoxy groups -OCH3 is 1. The Balaban J connectivity index is 1.98. The topological polar surface area (TPSA) is 84.4 Å². The van der Waals surface area contributed by atoms with E-state index in [2.05, 4.69) is 32.6 Å². The summed E-state index contributed by atoms with van der Waals surface area (Å²) in [5.41, 5.74) is 2.12. The van der Waals surface area contributed by atoms with Gasteiger partial charge >= 0.3 is 5.97 Å². The normalized spacial score (nSPS) is 11.2. The van der Waals surface area contributed by atoms with E-state index in [9.17, 15) is 9.59 Å². The standard InChI is InChI=1S/C16H22N4O3S/c1-11(2)9-20(8-7-15(22)23-3)10-14(21)17-12-5-4-6-13-16(12)19-24-18-13/h4-6,11H,7-10H2,1-3H3,(H,17,21). The van der Waals surface area contributed by atoms with Gasteiger partial charge in [-0.25, -0.2) is 0 Å². The summed E-state index contributed by atoms with van der Waals surface area (Å²) in [4.78, 5) is 25.7. The fourth-order valence-electron chi connectivity index (χ4n) is 2.40. The maximum absolute atomic E-state index is 12.4. The molecule has 1 heterocycles. The van der Waals surface area contributed by atoms with Crippen LogP contribution in [0.15, 0.2) is 18.2 Å². The second kappa shape index (κ2) is 8.70. The molecular formula is C16H22N4O3S. The van der Waals surface area contributed by atoms with Gasteiger partial charge < -0.3 is 10.1 Å². The van der Waals surface area contributed by atoms with Crippen molar-refractivity contribution in [3.05, 3.63) is 18.2 Å². The molecule has 130 valence electrons. The highest BCUT2D eigenvalue weighted by Gasteiger charge is 2.15. The monoisotopic (exact) mass is 350 g/mol. The Bertz CT molecular complexity index is 701. The van der Waals surface area contributed by atoms with Crippen LogP contribution in [0.25, 0.3) is 11.0 Å². The van der Waals surface area contributed by atoms with Crippen LogP contribution in [0.1, 0.15) is 20.3 Å². The van der Waals surface area contributed by atoms with Gasteiger partial charge in [0, 0.05) is 13.1 Å². The van der Waals surface area contributed by atoms with Crippen LogP contribution in [-0.4, -0.2) is 52.3 Å². The molecular weight excluding hydrogens is 328 g/mol. The second-order valence-corrected chi connectivity index (χ2v) is 6.47. The minimum atomic E-state index is -0.275. The lowest BCUT2D eigenvalue weighted by Crippen LogP contribution is -2.37. The van der Waals surface area contributed by atoms with E-state index in [1.54, 1.807) is 0 Å². The van der Waals surface area contributed by atoms with Crippen LogP contribution in [0, 0.1) is 5.92 Å². The van der Waals surface area contributed by atoms with E-state index in [1.165, 1.54) is 7.11 Å². The van der Waals surface area contributed by atoms with Crippen molar-refractivity contribution in [1.82, 2.24) is 13.6 Å². The van der Waals surface area contributed by atoms with Crippen molar-refractivity contribution in [2.45, 2.75) is 20.3 Å². The summed E-state index contributed by atoms with van der Waals surface area (Å²) in [6.07, 6.45) is 0.266. The number of hydrogen-bond acceptors (Lipinski definition) is 7. The van der Waals surface area contributed by atoms with Crippen molar-refractivity contribution >= 4 is 40.3 Å². The lowest BCUT2D eigenvalue weighted by molar-refractivity contribution is -0.141. The fraction of sp³-hybridized carbons (Fsp3) is 0.500. The Morgan fingerprint density at radius 3 is 2.83 bits per heavy atom. The van der Waals surface area contributed by atoms with Crippen LogP contribution < -0.4 is 5.32 Å². The smallest absolute Gasteiger partial charge is 0.306 e. The number of aromatic nitrogens is 2. The molecule has 1 N–H and O–H groups in total. The van der Waals surface area contributed by atoms with Gasteiger partial charge in [0.05, 0.1) is 37.5 Å². The molecule has 0 aliphatic carbocycles. The van der Waals surface area contributed by atoms with Crippen LogP contribution in [0.5, 0.6) is 0 Å². The SMILES string of the molecule is COC(=O)CCN(CC(=O)Nc1cccc2nsnc12)CC(C)C. The summed E-state index contributed by atoms with van der Waals surface area (Å²) in [5.74, 6) is -0.0230. The average Bonchev–Trinajstić information content (AvgIpc) is 3.01. The molecule has 1 aromatic carbocycles. The van der Waals surface area contributed by atoms with Crippen LogP contribution in [0.2, 0.25) is 0 Å². The number of carbonyl (C=O) groups is 2. The van der Waals surface area contributed by atoms with Crippen LogP contribution in [-0.2, 0) is 14.3 Å². The van der Waals surface area contributed by atoms with Crippen molar-refractivity contribution in [2.75, 3.05) is 32.1 Å². The first-order valence-electron chi connectivity index (χ1n) is 7.80. The highest BCUT2D eigenvalue weighted by Crippen LogP contribution is 2.21. The molecule has 1 amide bonds. The number of nitrogens with zero attached hydrogens (tertiary/aromatic N) is 3. The van der Waals surface area contributed by atoms with Crippen molar-refractivity contribution in [3.8, 4) is 0 Å². The molecule has 0 aliphatic heterocycles. The number of hydrogen-bond donors (Lipinski definition) is 1. The van der Waals surface area contributed by atoms with E-state index in [4.69, 9.17) is 0 Å². The molecule has 0 fully saturated rings. The molecule has 0 saturated heterocycles. The summed E-state index contributed by atoms with van der Waals surface area (Å²) in [7, 11) is 1.37. The number of anilines is 1. The molecule has 0 atom stereocenters. The van der Waals surface area contributed by atoms with E-state index < -0.39 is 0 Å². The Kier molecular flexibility index (Phi) is 6.62. The first-order valence-corrected chi connectivity index (χ1v) is 8.53. The molecule has 1 aromatic heterocycles. The van der Waals surface area contributed by atoms with Crippen LogP contribution >= 0.6 is 11.7 Å². The number of ether oxygens (including phenoxy) is 1. The molecule has 0 aliphatic rings. The third kappa shape index (κ3) is 5.24. The van der Waals surface area contributed by atoms with Crippen molar-refractivity contribution < 1.29 is 14.3 Å². The van der Waals surface area contributed by atoms with E-state index in [-0.39, 0.29) is 24.8 Å². The number of benzene rings is 1. The Morgan fingerprint density at radius 2 is 2.12 bits per heavy atom. The summed E-state index contributed by atoms with van der Waals surface area (Å²) < 4.78 is 13.0. The molecule has 24 heavy (non-hydrogen) atoms. The molecule has 2 rings (SSSR count). The highest BCUT2D eigenvalue weighted by molar-refractivity contribution is 7.00. The maximum Gasteiger partial charge on any atom is 0.306 e. The molecule has 0 spiro atoms. The maximum atomic E-state index is 12.4. The van der Waals surface area contributed by atoms with E-state index in [1.807, 2.05) is 23.1 Å². The number of esters is 1. The van der Waals surface area contributed by atoms with Crippen molar-refractivity contribution in [1.29, 1.82) is 0 Å². The summed E-state index contributed by atoms with van der Waals surface area (Å²) in [5, 5.41) is 2.88. The number of carbonyl (C=O) groups excluding carboxylic acids is 2. The summed E-state index contributed by atoms with van der Waals surface area (Å²) in [6.45, 7) is 5.58. The summed E-state index contributed by atoms with van der Waals surface area (Å²) in [6, 6.07) is 5.50. The first-order chi connectivity index (χ1) is 11.5. The van der Waals surface area contributed by atoms with Crippen molar-refractivity contribution in [2.24, 2.45) is 5.92 Å². The van der Waals surface area contributed by atoms with E-state index >= 15 is 0 Å². The van der Waals surface area contributed by atoms with Gasteiger partial charge in [-0.2, -0.15) is 8.75 Å². The number of nitrogens with one attached hydrogen (secondary N) is 1. The molecule has 0 unspecified atom stereocenters. The predicted molar refractivity (Wildman–Crippen MR) is 94.0 cm³/mol. The minimum absolute atomic E-state index is 0.138. The molecule has 0 saturated carbocycles. The van der Waals surface area contributed by atoms with Gasteiger partial charge in [-0.3, -0.25) is 14.5 Å². The lowest BCUT2D eigenvalue weighted by atomic mass is 10.2. The number of amides is 1. The van der Waals surface area contributed by atoms with Crippen LogP contribution in [0.3, 0.4) is 0 Å². The zero-order valence-corrected chi connectivity index (χ0v) is 14.9. The molecule has 0 radical (unpaired) electrons. The van der Waals surface area contributed by atoms with Gasteiger partial charge in [-0.15, -0.1) is 0 Å². The van der Waals surface area contributed by atoms with Gasteiger partial charge in [0.25, 0.3) is 0 Å². The van der Waals surface area contributed by atoms with Gasteiger partial charge in [-0.05, 0) is 18.1 Å². The van der Waals surface area contributed by atoms with Gasteiger partial charge in [-0.1, -0.05) is 19.9 Å². The van der Waals surface area contributed by atoms with E-state index in [0.29, 0.717) is 23.7 Å². The van der Waals surface area contributed by atoms with E-state index in [0.717, 1.165) is 23.8 Å². The first kappa shape index (κ1) is 18.3. The molecule has 7 nitrogen and oxygen atoms in total. The average molecular weight is 350 g/mol. The molecule has 2 aromatic rings. The van der Waals surface area contributed by atoms with Gasteiger partial charge in [0.15, 0.2) is 0 Å². The van der Waals surface area contributed by atoms with Gasteiger partial charge in [0.1, 0.15) is 11.0 Å². The fourth-order valence-corrected chi connectivity index (χ4v) is 2.95. The highest BCUT2D eigenvalue weighted by atomic mass is 32.1. The van der Waals surface area contributed by atoms with Crippen LogP contribution in [0.4, 0.5) is 5.69 Å².